The van der Waals surface area contributed by atoms with E-state index in [2.05, 4.69) is 4.98 Å². The molecule has 104 valence electrons. The van der Waals surface area contributed by atoms with Crippen LogP contribution in [0.1, 0.15) is 12.1 Å². The number of β-amino-alcohol motifs (C(OH)–C–C–N with tert-alkyl or cyclic N) is 1. The molecule has 2 aromatic rings. The van der Waals surface area contributed by atoms with Crippen molar-refractivity contribution >= 4 is 29.2 Å². The Bertz CT molecular complexity index is 680. The van der Waals surface area contributed by atoms with Crippen molar-refractivity contribution in [3.8, 4) is 0 Å². The summed E-state index contributed by atoms with van der Waals surface area (Å²) in [5.74, 6) is -0.122. The molecule has 5 nitrogen and oxygen atoms in total. The lowest BCUT2D eigenvalue weighted by atomic mass is 10.3. The fraction of sp³-hybridized carbons (Fsp3) is 0.286. The summed E-state index contributed by atoms with van der Waals surface area (Å²) in [6.07, 6.45) is 5.20. The van der Waals surface area contributed by atoms with E-state index in [1.807, 2.05) is 28.8 Å². The first-order valence-corrected chi connectivity index (χ1v) is 6.80. The summed E-state index contributed by atoms with van der Waals surface area (Å²) in [5.41, 5.74) is 1.41. The number of rotatable bonds is 2. The van der Waals surface area contributed by atoms with Crippen molar-refractivity contribution < 1.29 is 9.90 Å². The van der Waals surface area contributed by atoms with Gasteiger partial charge in [-0.3, -0.25) is 9.20 Å². The summed E-state index contributed by atoms with van der Waals surface area (Å²) in [6, 6.07) is 5.60. The third-order valence-electron chi connectivity index (χ3n) is 3.38. The van der Waals surface area contributed by atoms with Gasteiger partial charge >= 0.3 is 0 Å². The monoisotopic (exact) mass is 291 g/mol. The Balaban J connectivity index is 1.84. The number of hydrogen-bond acceptors (Lipinski definition) is 3. The minimum Gasteiger partial charge on any atom is -0.391 e. The van der Waals surface area contributed by atoms with E-state index in [0.717, 1.165) is 5.65 Å². The van der Waals surface area contributed by atoms with Crippen LogP contribution in [0.3, 0.4) is 0 Å². The Morgan fingerprint density at radius 1 is 1.50 bits per heavy atom. The van der Waals surface area contributed by atoms with Gasteiger partial charge in [-0.25, -0.2) is 4.98 Å². The Hall–Kier alpha value is -1.85. The van der Waals surface area contributed by atoms with Crippen molar-refractivity contribution in [3.63, 3.8) is 0 Å². The summed E-state index contributed by atoms with van der Waals surface area (Å²) in [7, 11) is 0. The predicted octanol–water partition coefficient (Wildman–Crippen LogP) is 1.59. The number of carbonyl (C=O) groups is 1. The van der Waals surface area contributed by atoms with Gasteiger partial charge in [0.2, 0.25) is 5.91 Å². The van der Waals surface area contributed by atoms with Gasteiger partial charge in [0, 0.05) is 25.4 Å². The van der Waals surface area contributed by atoms with Crippen LogP contribution in [0, 0.1) is 0 Å². The van der Waals surface area contributed by atoms with Gasteiger partial charge in [-0.2, -0.15) is 0 Å². The number of hydrogen-bond donors (Lipinski definition) is 1. The molecule has 0 unspecified atom stereocenters. The third kappa shape index (κ3) is 2.42. The SMILES string of the molecule is O=C(C=Cc1c(Cl)nc2ccccn12)N1CC[C@@H](O)C1. The van der Waals surface area contributed by atoms with Gasteiger partial charge < -0.3 is 10.0 Å². The molecule has 20 heavy (non-hydrogen) atoms. The lowest BCUT2D eigenvalue weighted by molar-refractivity contribution is -0.125. The zero-order chi connectivity index (χ0) is 14.1. The molecule has 3 heterocycles. The second kappa shape index (κ2) is 5.26. The van der Waals surface area contributed by atoms with Gasteiger partial charge in [0.15, 0.2) is 5.15 Å². The number of amides is 1. The van der Waals surface area contributed by atoms with E-state index in [1.165, 1.54) is 6.08 Å². The van der Waals surface area contributed by atoms with E-state index < -0.39 is 6.10 Å². The number of likely N-dealkylation sites (tertiary alicyclic amines) is 1. The van der Waals surface area contributed by atoms with Gasteiger partial charge in [0.05, 0.1) is 11.8 Å². The molecule has 1 amide bonds. The zero-order valence-electron chi connectivity index (χ0n) is 10.7. The number of aliphatic hydroxyl groups is 1. The lowest BCUT2D eigenvalue weighted by Crippen LogP contribution is -2.27. The van der Waals surface area contributed by atoms with Crippen LogP contribution in [0.4, 0.5) is 0 Å². The molecule has 0 saturated carbocycles. The Labute approximate surface area is 121 Å². The van der Waals surface area contributed by atoms with Crippen molar-refractivity contribution in [3.05, 3.63) is 41.3 Å². The number of aliphatic hydroxyl groups excluding tert-OH is 1. The molecular weight excluding hydrogens is 278 g/mol. The van der Waals surface area contributed by atoms with E-state index in [9.17, 15) is 9.90 Å². The highest BCUT2D eigenvalue weighted by atomic mass is 35.5. The lowest BCUT2D eigenvalue weighted by Gasteiger charge is -2.12. The van der Waals surface area contributed by atoms with Crippen LogP contribution in [0.15, 0.2) is 30.5 Å². The molecule has 0 aliphatic carbocycles. The molecule has 2 aromatic heterocycles. The molecule has 0 spiro atoms. The molecule has 1 N–H and O–H groups in total. The second-order valence-electron chi connectivity index (χ2n) is 4.78. The topological polar surface area (TPSA) is 57.8 Å². The summed E-state index contributed by atoms with van der Waals surface area (Å²) in [4.78, 5) is 17.8. The molecule has 0 aromatic carbocycles. The number of fused-ring (bicyclic) bond motifs is 1. The largest absolute Gasteiger partial charge is 0.391 e. The minimum absolute atomic E-state index is 0.122. The molecular formula is C14H14ClN3O2. The Morgan fingerprint density at radius 3 is 3.10 bits per heavy atom. The maximum Gasteiger partial charge on any atom is 0.246 e. The second-order valence-corrected chi connectivity index (χ2v) is 5.13. The molecule has 3 rings (SSSR count). The molecule has 1 aliphatic rings. The number of pyridine rings is 1. The smallest absolute Gasteiger partial charge is 0.246 e. The fourth-order valence-electron chi connectivity index (χ4n) is 2.33. The quantitative estimate of drug-likeness (QED) is 0.855. The summed E-state index contributed by atoms with van der Waals surface area (Å²) >= 11 is 6.09. The van der Waals surface area contributed by atoms with Gasteiger partial charge in [-0.15, -0.1) is 0 Å². The summed E-state index contributed by atoms with van der Waals surface area (Å²) in [6.45, 7) is 0.981. The van der Waals surface area contributed by atoms with E-state index in [1.54, 1.807) is 11.0 Å². The van der Waals surface area contributed by atoms with Crippen LogP contribution >= 0.6 is 11.6 Å². The van der Waals surface area contributed by atoms with E-state index in [4.69, 9.17) is 11.6 Å². The molecule has 1 aliphatic heterocycles. The number of imidazole rings is 1. The first-order chi connectivity index (χ1) is 9.65. The van der Waals surface area contributed by atoms with Crippen molar-refractivity contribution in [2.45, 2.75) is 12.5 Å². The maximum absolute atomic E-state index is 12.0. The van der Waals surface area contributed by atoms with Crippen LogP contribution < -0.4 is 0 Å². The van der Waals surface area contributed by atoms with E-state index >= 15 is 0 Å². The molecule has 0 bridgehead atoms. The van der Waals surface area contributed by atoms with Crippen molar-refractivity contribution in [1.29, 1.82) is 0 Å². The van der Waals surface area contributed by atoms with E-state index in [-0.39, 0.29) is 5.91 Å². The van der Waals surface area contributed by atoms with E-state index in [0.29, 0.717) is 30.4 Å². The highest BCUT2D eigenvalue weighted by Crippen LogP contribution is 2.19. The highest BCUT2D eigenvalue weighted by Gasteiger charge is 2.22. The molecule has 6 heteroatoms. The van der Waals surface area contributed by atoms with Gasteiger partial charge in [0.1, 0.15) is 5.65 Å². The van der Waals surface area contributed by atoms with Crippen LogP contribution in [-0.4, -0.2) is 44.5 Å². The highest BCUT2D eigenvalue weighted by molar-refractivity contribution is 6.31. The third-order valence-corrected chi connectivity index (χ3v) is 3.66. The maximum atomic E-state index is 12.0. The van der Waals surface area contributed by atoms with Gasteiger partial charge in [-0.05, 0) is 24.6 Å². The van der Waals surface area contributed by atoms with Gasteiger partial charge in [0.25, 0.3) is 0 Å². The normalized spacial score (nSPS) is 19.3. The number of nitrogens with zero attached hydrogens (tertiary/aromatic N) is 3. The average Bonchev–Trinajstić information content (AvgIpc) is 2.99. The number of carbonyl (C=O) groups excluding carboxylic acids is 1. The molecule has 0 radical (unpaired) electrons. The van der Waals surface area contributed by atoms with Gasteiger partial charge in [-0.1, -0.05) is 17.7 Å². The van der Waals surface area contributed by atoms with Crippen LogP contribution in [0.2, 0.25) is 5.15 Å². The van der Waals surface area contributed by atoms with Crippen molar-refractivity contribution in [2.24, 2.45) is 0 Å². The average molecular weight is 292 g/mol. The first-order valence-electron chi connectivity index (χ1n) is 6.43. The Kier molecular flexibility index (Phi) is 3.46. The number of aromatic nitrogens is 2. The zero-order valence-corrected chi connectivity index (χ0v) is 11.5. The van der Waals surface area contributed by atoms with Crippen LogP contribution in [0.5, 0.6) is 0 Å². The number of halogens is 1. The minimum atomic E-state index is -0.410. The molecule has 1 fully saturated rings. The fourth-order valence-corrected chi connectivity index (χ4v) is 2.57. The predicted molar refractivity (Wildman–Crippen MR) is 76.4 cm³/mol. The van der Waals surface area contributed by atoms with Crippen LogP contribution in [0.25, 0.3) is 11.7 Å². The molecule has 1 saturated heterocycles. The summed E-state index contributed by atoms with van der Waals surface area (Å²) < 4.78 is 1.82. The van der Waals surface area contributed by atoms with Crippen molar-refractivity contribution in [2.75, 3.05) is 13.1 Å². The standard InChI is InChI=1S/C14H14ClN3O2/c15-14-11(18-7-2-1-3-12(18)16-14)4-5-13(20)17-8-6-10(19)9-17/h1-5,7,10,19H,6,8-9H2/t10-/m1/s1. The Morgan fingerprint density at radius 2 is 2.35 bits per heavy atom. The van der Waals surface area contributed by atoms with Crippen molar-refractivity contribution in [1.82, 2.24) is 14.3 Å². The molecule has 1 atom stereocenters. The summed E-state index contributed by atoms with van der Waals surface area (Å²) in [5, 5.41) is 9.80. The first kappa shape index (κ1) is 13.1. The van der Waals surface area contributed by atoms with Crippen LogP contribution in [-0.2, 0) is 4.79 Å².